The lowest BCUT2D eigenvalue weighted by Gasteiger charge is -2.10. The third-order valence-corrected chi connectivity index (χ3v) is 11.3. The summed E-state index contributed by atoms with van der Waals surface area (Å²) in [6.07, 6.45) is 10.4. The van der Waals surface area contributed by atoms with E-state index in [9.17, 15) is 43.2 Å². The van der Waals surface area contributed by atoms with E-state index in [1.165, 1.54) is 66.4 Å². The predicted octanol–water partition coefficient (Wildman–Crippen LogP) is 1.81. The standard InChI is InChI=1S/C48H62N18O9/c1-28(67)52-37-26-65(8)41(58-37)47(74)55-31-20-35(63(6)24-31)45(72)53-29-18-33(61(4)22-29)43(70)50-14-10-12-40(69)57-38-27-66(9)42(59-38)48(75)56-32-21-36(64(7)25-32)46(73)54-30-19-34(62(5)23-30)44(71)51-16-13-39(68)49-15-11-17-60(2)3/h18-27H,10-17H2,1-9H3,(H,49,68)(H,50,70)(H,51,71)(H,52,67)(H,53,72)(H,54,73)(H,55,74)(H,56,75)(H,57,69). The van der Waals surface area contributed by atoms with Crippen molar-refractivity contribution in [3.63, 3.8) is 0 Å². The van der Waals surface area contributed by atoms with Crippen molar-refractivity contribution in [1.82, 2.24) is 58.2 Å². The fourth-order valence-corrected chi connectivity index (χ4v) is 7.69. The molecular formula is C48H62N18O9. The summed E-state index contributed by atoms with van der Waals surface area (Å²) in [6, 6.07) is 5.96. The average molecular weight is 1040 g/mol. The Labute approximate surface area is 430 Å². The zero-order chi connectivity index (χ0) is 54.7. The second-order valence-electron chi connectivity index (χ2n) is 17.9. The molecular weight excluding hydrogens is 973 g/mol. The van der Waals surface area contributed by atoms with Gasteiger partial charge in [0.1, 0.15) is 22.8 Å². The van der Waals surface area contributed by atoms with Crippen LogP contribution in [0, 0.1) is 0 Å². The molecule has 0 aliphatic rings. The maximum Gasteiger partial charge on any atom is 0.291 e. The van der Waals surface area contributed by atoms with Crippen molar-refractivity contribution in [1.29, 1.82) is 0 Å². The summed E-state index contributed by atoms with van der Waals surface area (Å²) in [4.78, 5) is 125. The van der Waals surface area contributed by atoms with Crippen LogP contribution in [0.5, 0.6) is 0 Å². The van der Waals surface area contributed by atoms with Crippen LogP contribution in [0.3, 0.4) is 0 Å². The molecule has 6 aromatic rings. The topological polar surface area (TPSA) is 320 Å². The molecule has 0 aliphatic heterocycles. The van der Waals surface area contributed by atoms with Gasteiger partial charge in [-0.15, -0.1) is 0 Å². The first-order valence-corrected chi connectivity index (χ1v) is 23.6. The molecule has 0 aromatic carbocycles. The molecule has 6 aromatic heterocycles. The summed E-state index contributed by atoms with van der Waals surface area (Å²) in [7, 11) is 13.6. The number of carbonyl (C=O) groups is 9. The van der Waals surface area contributed by atoms with Crippen LogP contribution in [0.15, 0.2) is 61.4 Å². The van der Waals surface area contributed by atoms with E-state index in [2.05, 4.69) is 57.8 Å². The molecule has 9 amide bonds. The second kappa shape index (κ2) is 24.4. The lowest BCUT2D eigenvalue weighted by molar-refractivity contribution is -0.121. The lowest BCUT2D eigenvalue weighted by Crippen LogP contribution is -2.32. The van der Waals surface area contributed by atoms with Crippen molar-refractivity contribution >= 4 is 87.5 Å². The van der Waals surface area contributed by atoms with Crippen molar-refractivity contribution < 1.29 is 43.2 Å². The van der Waals surface area contributed by atoms with Gasteiger partial charge in [-0.1, -0.05) is 0 Å². The Morgan fingerprint density at radius 3 is 1.24 bits per heavy atom. The lowest BCUT2D eigenvalue weighted by atomic mass is 10.3. The SMILES string of the molecule is CC(=O)Nc1cn(C)c(C(=O)Nc2cc(C(=O)Nc3cc(C(=O)NCCCC(=O)Nc4cn(C)c(C(=O)Nc5cc(C(=O)Nc6cc(C(=O)NCCC(=O)NCCCN(C)C)n(C)c6)n(C)c5)n4)n(C)c3)n(C)c2)n1. The Balaban J connectivity index is 0.917. The van der Waals surface area contributed by atoms with Gasteiger partial charge in [0.25, 0.3) is 35.4 Å². The molecule has 0 unspecified atom stereocenters. The van der Waals surface area contributed by atoms with E-state index < -0.39 is 41.4 Å². The van der Waals surface area contributed by atoms with Gasteiger partial charge in [0.2, 0.25) is 29.4 Å². The van der Waals surface area contributed by atoms with E-state index in [0.717, 1.165) is 13.0 Å². The Kier molecular flexibility index (Phi) is 17.9. The molecule has 0 radical (unpaired) electrons. The number of rotatable bonds is 23. The number of amides is 9. The van der Waals surface area contributed by atoms with E-state index in [1.54, 1.807) is 71.6 Å². The van der Waals surface area contributed by atoms with Gasteiger partial charge in [0, 0.05) is 119 Å². The number of nitrogens with one attached hydrogen (secondary N) is 9. The van der Waals surface area contributed by atoms with E-state index in [-0.39, 0.29) is 90.2 Å². The highest BCUT2D eigenvalue weighted by Gasteiger charge is 2.22. The van der Waals surface area contributed by atoms with Gasteiger partial charge in [-0.25, -0.2) is 9.97 Å². The Morgan fingerprint density at radius 2 is 0.813 bits per heavy atom. The second-order valence-corrected chi connectivity index (χ2v) is 17.9. The number of hydrogen-bond donors (Lipinski definition) is 9. The van der Waals surface area contributed by atoms with Crippen LogP contribution in [0.2, 0.25) is 0 Å². The molecule has 0 saturated heterocycles. The first-order chi connectivity index (χ1) is 35.5. The smallest absolute Gasteiger partial charge is 0.291 e. The molecule has 0 atom stereocenters. The van der Waals surface area contributed by atoms with Gasteiger partial charge in [0.05, 0.1) is 22.7 Å². The van der Waals surface area contributed by atoms with Gasteiger partial charge in [-0.05, 0) is 57.7 Å². The van der Waals surface area contributed by atoms with Crippen LogP contribution in [0.25, 0.3) is 0 Å². The fraction of sp³-hybridized carbons (Fsp3) is 0.354. The quantitative estimate of drug-likeness (QED) is 0.0415. The summed E-state index contributed by atoms with van der Waals surface area (Å²) >= 11 is 0. The van der Waals surface area contributed by atoms with E-state index in [4.69, 9.17) is 0 Å². The minimum absolute atomic E-state index is 0.00997. The highest BCUT2D eigenvalue weighted by Crippen LogP contribution is 2.21. The minimum atomic E-state index is -0.612. The van der Waals surface area contributed by atoms with E-state index in [1.807, 2.05) is 19.0 Å². The van der Waals surface area contributed by atoms with Crippen LogP contribution < -0.4 is 47.9 Å². The zero-order valence-electron chi connectivity index (χ0n) is 43.1. The molecule has 0 bridgehead atoms. The molecule has 0 saturated carbocycles. The molecule has 6 rings (SSSR count). The number of hydrogen-bond acceptors (Lipinski definition) is 12. The first-order valence-electron chi connectivity index (χ1n) is 23.6. The molecule has 6 heterocycles. The third-order valence-electron chi connectivity index (χ3n) is 11.3. The van der Waals surface area contributed by atoms with Gasteiger partial charge in [-0.3, -0.25) is 43.2 Å². The summed E-state index contributed by atoms with van der Waals surface area (Å²) < 4.78 is 9.01. The minimum Gasteiger partial charge on any atom is -0.356 e. The molecule has 27 nitrogen and oxygen atoms in total. The summed E-state index contributed by atoms with van der Waals surface area (Å²) in [5, 5.41) is 24.4. The van der Waals surface area contributed by atoms with Crippen LogP contribution in [-0.2, 0) is 56.7 Å². The average Bonchev–Trinajstić information content (AvgIpc) is 4.19. The van der Waals surface area contributed by atoms with Crippen LogP contribution in [-0.4, -0.2) is 136 Å². The van der Waals surface area contributed by atoms with Crippen molar-refractivity contribution in [2.75, 3.05) is 72.2 Å². The van der Waals surface area contributed by atoms with Crippen LogP contribution >= 0.6 is 0 Å². The summed E-state index contributed by atoms with van der Waals surface area (Å²) in [5.74, 6) is -3.61. The number of aromatic nitrogens is 8. The van der Waals surface area contributed by atoms with Crippen molar-refractivity contribution in [2.45, 2.75) is 32.6 Å². The van der Waals surface area contributed by atoms with Crippen LogP contribution in [0.1, 0.15) is 95.8 Å². The van der Waals surface area contributed by atoms with Gasteiger partial charge >= 0.3 is 0 Å². The highest BCUT2D eigenvalue weighted by molar-refractivity contribution is 6.08. The molecule has 0 spiro atoms. The maximum absolute atomic E-state index is 13.3. The van der Waals surface area contributed by atoms with E-state index in [0.29, 0.717) is 29.3 Å². The molecule has 9 N–H and O–H groups in total. The molecule has 0 fully saturated rings. The van der Waals surface area contributed by atoms with Crippen LogP contribution in [0.4, 0.5) is 34.4 Å². The Bertz CT molecular complexity index is 3140. The first kappa shape index (κ1) is 55.1. The Morgan fingerprint density at radius 1 is 0.427 bits per heavy atom. The van der Waals surface area contributed by atoms with Gasteiger partial charge in [0.15, 0.2) is 11.6 Å². The summed E-state index contributed by atoms with van der Waals surface area (Å²) in [6.45, 7) is 3.00. The monoisotopic (exact) mass is 1030 g/mol. The van der Waals surface area contributed by atoms with E-state index >= 15 is 0 Å². The normalized spacial score (nSPS) is 11.0. The third kappa shape index (κ3) is 14.9. The molecule has 0 aliphatic carbocycles. The van der Waals surface area contributed by atoms with Crippen molar-refractivity contribution in [3.8, 4) is 0 Å². The largest absolute Gasteiger partial charge is 0.356 e. The number of nitrogens with zero attached hydrogens (tertiary/aromatic N) is 9. The van der Waals surface area contributed by atoms with Crippen molar-refractivity contribution in [3.05, 3.63) is 95.9 Å². The number of anilines is 6. The Hall–Kier alpha value is -9.27. The fourth-order valence-electron chi connectivity index (χ4n) is 7.69. The number of imidazole rings is 2. The zero-order valence-corrected chi connectivity index (χ0v) is 43.1. The van der Waals surface area contributed by atoms with Crippen molar-refractivity contribution in [2.24, 2.45) is 42.3 Å². The number of carbonyl (C=O) groups excluding carboxylic acids is 9. The highest BCUT2D eigenvalue weighted by atomic mass is 16.2. The predicted molar refractivity (Wildman–Crippen MR) is 278 cm³/mol. The maximum atomic E-state index is 13.3. The molecule has 75 heavy (non-hydrogen) atoms. The van der Waals surface area contributed by atoms with Gasteiger partial charge in [-0.2, -0.15) is 0 Å². The summed E-state index contributed by atoms with van der Waals surface area (Å²) in [5.41, 5.74) is 2.23. The van der Waals surface area contributed by atoms with Gasteiger partial charge < -0.3 is 80.2 Å². The molecule has 398 valence electrons. The number of aryl methyl sites for hydroxylation is 6. The molecule has 27 heteroatoms.